The van der Waals surface area contributed by atoms with E-state index in [-0.39, 0.29) is 17.4 Å². The van der Waals surface area contributed by atoms with E-state index in [0.717, 1.165) is 48.6 Å². The molecule has 3 unspecified atom stereocenters. The smallest absolute Gasteiger partial charge is 0.270 e. The molecule has 2 saturated heterocycles. The van der Waals surface area contributed by atoms with E-state index in [1.807, 2.05) is 26.0 Å². The molecule has 0 spiro atoms. The molecule has 1 aromatic carbocycles. The van der Waals surface area contributed by atoms with Crippen LogP contribution in [0.5, 0.6) is 0 Å². The van der Waals surface area contributed by atoms with Crippen molar-refractivity contribution in [2.24, 2.45) is 5.92 Å². The van der Waals surface area contributed by atoms with Gasteiger partial charge in [-0.1, -0.05) is 13.8 Å². The number of nitrogens with zero attached hydrogens (tertiary/aromatic N) is 4. The zero-order chi connectivity index (χ0) is 29.3. The van der Waals surface area contributed by atoms with Gasteiger partial charge in [0.25, 0.3) is 15.9 Å². The van der Waals surface area contributed by atoms with Gasteiger partial charge in [-0.05, 0) is 48.7 Å². The van der Waals surface area contributed by atoms with Crippen LogP contribution in [-0.2, 0) is 19.6 Å². The van der Waals surface area contributed by atoms with E-state index in [0.29, 0.717) is 16.7 Å². The second kappa shape index (κ2) is 11.5. The third-order valence-corrected chi connectivity index (χ3v) is 9.31. The standard InChI is InChI=1S/C28H34N6O6S/c1-19(2)16-23(30-27(36)20-5-7-21(8-6-20)31-14-10-29-11-15-31)28(37)33-18-25(35)26-24(33)9-13-34(26)41(39,40)22-4-3-12-32(38)17-22/h3-9,12-13,17,19,23-24,26,29H,10-11,14-16,18H2,1-2H3,(H,30,36). The first-order chi connectivity index (χ1) is 19.6. The van der Waals surface area contributed by atoms with Crippen molar-refractivity contribution in [1.82, 2.24) is 19.8 Å². The Morgan fingerprint density at radius 2 is 1.85 bits per heavy atom. The molecule has 4 heterocycles. The summed E-state index contributed by atoms with van der Waals surface area (Å²) >= 11 is 0. The minimum absolute atomic E-state index is 0.0568. The molecule has 0 radical (unpaired) electrons. The number of nitrogens with one attached hydrogen (secondary N) is 2. The average molecular weight is 583 g/mol. The van der Waals surface area contributed by atoms with E-state index in [1.54, 1.807) is 12.1 Å². The summed E-state index contributed by atoms with van der Waals surface area (Å²) < 4.78 is 27.8. The number of aromatic nitrogens is 1. The minimum atomic E-state index is -4.21. The number of pyridine rings is 1. The fourth-order valence-electron chi connectivity index (χ4n) is 5.54. The number of hydrogen-bond acceptors (Lipinski definition) is 8. The van der Waals surface area contributed by atoms with E-state index in [1.165, 1.54) is 29.3 Å². The fraction of sp³-hybridized carbons (Fsp3) is 0.429. The molecule has 41 heavy (non-hydrogen) atoms. The van der Waals surface area contributed by atoms with Gasteiger partial charge in [-0.3, -0.25) is 18.7 Å². The molecular weight excluding hydrogens is 548 g/mol. The Labute approximate surface area is 239 Å². The summed E-state index contributed by atoms with van der Waals surface area (Å²) in [5, 5.41) is 17.8. The number of fused-ring (bicyclic) bond motifs is 1. The van der Waals surface area contributed by atoms with Crippen molar-refractivity contribution in [2.75, 3.05) is 37.6 Å². The quantitative estimate of drug-likeness (QED) is 0.333. The highest BCUT2D eigenvalue weighted by atomic mass is 32.2. The van der Waals surface area contributed by atoms with Gasteiger partial charge >= 0.3 is 0 Å². The number of piperazine rings is 1. The lowest BCUT2D eigenvalue weighted by molar-refractivity contribution is -0.607. The SMILES string of the molecule is CC(C)CC(NC(=O)c1ccc(N2CCNCC2)cc1)C(=O)N1CC(=O)C2C1C=CN2S(=O)(=O)c1ccc[n+]([O-])c1. The molecule has 2 fully saturated rings. The molecule has 1 aromatic heterocycles. The Kier molecular flexibility index (Phi) is 8.00. The Bertz CT molecular complexity index is 1450. The van der Waals surface area contributed by atoms with Crippen LogP contribution in [0.1, 0.15) is 30.6 Å². The van der Waals surface area contributed by atoms with Crippen LogP contribution in [-0.4, -0.2) is 86.1 Å². The van der Waals surface area contributed by atoms with Crippen LogP contribution < -0.4 is 20.3 Å². The van der Waals surface area contributed by atoms with E-state index in [4.69, 9.17) is 0 Å². The number of ketones is 1. The predicted octanol–water partition coefficient (Wildman–Crippen LogP) is 0.241. The summed E-state index contributed by atoms with van der Waals surface area (Å²) in [5.74, 6) is -1.24. The maximum Gasteiger partial charge on any atom is 0.270 e. The van der Waals surface area contributed by atoms with E-state index in [2.05, 4.69) is 15.5 Å². The van der Waals surface area contributed by atoms with E-state index in [9.17, 15) is 28.0 Å². The molecule has 3 atom stereocenters. The van der Waals surface area contributed by atoms with Crippen molar-refractivity contribution >= 4 is 33.3 Å². The van der Waals surface area contributed by atoms with Gasteiger partial charge in [0.15, 0.2) is 16.9 Å². The molecule has 12 nitrogen and oxygen atoms in total. The van der Waals surface area contributed by atoms with Gasteiger partial charge in [0.05, 0.1) is 12.6 Å². The first-order valence-electron chi connectivity index (χ1n) is 13.7. The molecule has 2 amide bonds. The van der Waals surface area contributed by atoms with Gasteiger partial charge < -0.3 is 25.6 Å². The molecule has 2 aromatic rings. The number of anilines is 1. The Hall–Kier alpha value is -3.97. The fourth-order valence-corrected chi connectivity index (χ4v) is 7.04. The van der Waals surface area contributed by atoms with Crippen molar-refractivity contribution in [1.29, 1.82) is 0 Å². The number of rotatable bonds is 8. The number of benzene rings is 1. The van der Waals surface area contributed by atoms with E-state index < -0.39 is 45.7 Å². The number of carbonyl (C=O) groups is 3. The molecular formula is C28H34N6O6S. The zero-order valence-electron chi connectivity index (χ0n) is 23.0. The number of carbonyl (C=O) groups excluding carboxylic acids is 3. The van der Waals surface area contributed by atoms with Gasteiger partial charge in [0, 0.05) is 49.7 Å². The van der Waals surface area contributed by atoms with Crippen LogP contribution >= 0.6 is 0 Å². The number of Topliss-reactive ketones (excluding diaryl/α,β-unsaturated/α-hetero) is 1. The van der Waals surface area contributed by atoms with Crippen LogP contribution in [0.25, 0.3) is 0 Å². The van der Waals surface area contributed by atoms with Crippen molar-refractivity contribution < 1.29 is 27.5 Å². The van der Waals surface area contributed by atoms with Crippen molar-refractivity contribution in [2.45, 2.75) is 43.3 Å². The molecule has 0 aliphatic carbocycles. The third-order valence-electron chi connectivity index (χ3n) is 7.57. The average Bonchev–Trinajstić information content (AvgIpc) is 3.54. The van der Waals surface area contributed by atoms with Crippen LogP contribution in [0.3, 0.4) is 0 Å². The Balaban J connectivity index is 1.31. The molecule has 13 heteroatoms. The first-order valence-corrected chi connectivity index (χ1v) is 15.1. The normalized spacial score (nSPS) is 21.3. The van der Waals surface area contributed by atoms with Crippen LogP contribution in [0, 0.1) is 11.1 Å². The van der Waals surface area contributed by atoms with Gasteiger partial charge in [-0.2, -0.15) is 4.73 Å². The molecule has 3 aliphatic rings. The predicted molar refractivity (Wildman–Crippen MR) is 150 cm³/mol. The lowest BCUT2D eigenvalue weighted by Crippen LogP contribution is -2.51. The van der Waals surface area contributed by atoms with E-state index >= 15 is 0 Å². The lowest BCUT2D eigenvalue weighted by atomic mass is 10.0. The second-order valence-corrected chi connectivity index (χ2v) is 12.7. The number of likely N-dealkylation sites (tertiary alicyclic amines) is 1. The summed E-state index contributed by atoms with van der Waals surface area (Å²) in [4.78, 5) is 43.4. The number of sulfonamides is 1. The maximum absolute atomic E-state index is 13.8. The Morgan fingerprint density at radius 3 is 2.51 bits per heavy atom. The van der Waals surface area contributed by atoms with Crippen molar-refractivity contribution in [3.63, 3.8) is 0 Å². The van der Waals surface area contributed by atoms with Gasteiger partial charge in [-0.25, -0.2) is 8.42 Å². The summed E-state index contributed by atoms with van der Waals surface area (Å²) in [6, 6.07) is 6.96. The van der Waals surface area contributed by atoms with Crippen LogP contribution in [0.2, 0.25) is 0 Å². The topological polar surface area (TPSA) is 146 Å². The number of hydrogen-bond donors (Lipinski definition) is 2. The largest absolute Gasteiger partial charge is 0.619 e. The summed E-state index contributed by atoms with van der Waals surface area (Å²) in [5.41, 5.74) is 1.44. The van der Waals surface area contributed by atoms with Crippen molar-refractivity contribution in [3.05, 3.63) is 71.8 Å². The summed E-state index contributed by atoms with van der Waals surface area (Å²) in [7, 11) is -4.21. The first kappa shape index (κ1) is 28.6. The molecule has 3 aliphatic heterocycles. The highest BCUT2D eigenvalue weighted by Gasteiger charge is 2.52. The Morgan fingerprint density at radius 1 is 1.15 bits per heavy atom. The maximum atomic E-state index is 13.8. The van der Waals surface area contributed by atoms with Gasteiger partial charge in [0.2, 0.25) is 12.1 Å². The van der Waals surface area contributed by atoms with Crippen LogP contribution in [0.15, 0.2) is 66.0 Å². The zero-order valence-corrected chi connectivity index (χ0v) is 23.8. The molecule has 218 valence electrons. The molecule has 0 bridgehead atoms. The number of amides is 2. The monoisotopic (exact) mass is 582 g/mol. The molecule has 2 N–H and O–H groups in total. The minimum Gasteiger partial charge on any atom is -0.619 e. The van der Waals surface area contributed by atoms with Crippen LogP contribution in [0.4, 0.5) is 5.69 Å². The molecule has 5 rings (SSSR count). The summed E-state index contributed by atoms with van der Waals surface area (Å²) in [6.45, 7) is 7.12. The second-order valence-electron chi connectivity index (χ2n) is 10.9. The highest BCUT2D eigenvalue weighted by molar-refractivity contribution is 7.89. The lowest BCUT2D eigenvalue weighted by Gasteiger charge is -2.30. The van der Waals surface area contributed by atoms with Gasteiger partial charge in [-0.15, -0.1) is 0 Å². The van der Waals surface area contributed by atoms with Gasteiger partial charge in [0.1, 0.15) is 12.1 Å². The highest BCUT2D eigenvalue weighted by Crippen LogP contribution is 2.32. The van der Waals surface area contributed by atoms with Crippen molar-refractivity contribution in [3.8, 4) is 0 Å². The third kappa shape index (κ3) is 5.77. The summed E-state index contributed by atoms with van der Waals surface area (Å²) in [6.07, 6.45) is 5.18. The molecule has 0 saturated carbocycles.